The lowest BCUT2D eigenvalue weighted by atomic mass is 9.83. The zero-order valence-corrected chi connectivity index (χ0v) is 13.6. The lowest BCUT2D eigenvalue weighted by molar-refractivity contribution is -0.870. The van der Waals surface area contributed by atoms with E-state index in [1.807, 2.05) is 4.90 Å². The Kier molecular flexibility index (Phi) is 6.61. The number of carboxylic acids is 1. The molecule has 3 aliphatic rings. The summed E-state index contributed by atoms with van der Waals surface area (Å²) in [5.41, 5.74) is 0. The fraction of sp³-hybridized carbons (Fsp3) is 0.867. The van der Waals surface area contributed by atoms with Gasteiger partial charge in [0.1, 0.15) is 13.2 Å². The predicted octanol–water partition coefficient (Wildman–Crippen LogP) is -0.524. The second-order valence-corrected chi connectivity index (χ2v) is 6.90. The number of rotatable bonds is 4. The Balaban J connectivity index is 0.000000212. The van der Waals surface area contributed by atoms with E-state index in [9.17, 15) is 14.7 Å². The van der Waals surface area contributed by atoms with Gasteiger partial charge >= 0.3 is 5.97 Å². The second kappa shape index (κ2) is 7.75. The van der Waals surface area contributed by atoms with Gasteiger partial charge in [0.25, 0.3) is 0 Å². The lowest BCUT2D eigenvalue weighted by Crippen LogP contribution is -2.56. The van der Waals surface area contributed by atoms with Crippen LogP contribution in [0.5, 0.6) is 0 Å². The number of aliphatic carboxylic acids is 1. The summed E-state index contributed by atoms with van der Waals surface area (Å²) < 4.78 is 5.59. The molecule has 6 nitrogen and oxygen atoms in total. The highest BCUT2D eigenvalue weighted by Crippen LogP contribution is 2.31. The number of hydrogen-bond acceptors (Lipinski definition) is 5. The fourth-order valence-corrected chi connectivity index (χ4v) is 2.67. The van der Waals surface area contributed by atoms with Gasteiger partial charge in [0, 0.05) is 13.0 Å². The first-order chi connectivity index (χ1) is 9.69. The van der Waals surface area contributed by atoms with Crippen LogP contribution in [0.4, 0.5) is 0 Å². The van der Waals surface area contributed by atoms with Gasteiger partial charge in [-0.25, -0.2) is 0 Å². The minimum absolute atomic E-state index is 0.201. The van der Waals surface area contributed by atoms with Crippen LogP contribution < -0.4 is 5.11 Å². The molecule has 0 spiro atoms. The van der Waals surface area contributed by atoms with E-state index in [1.165, 1.54) is 19.8 Å². The van der Waals surface area contributed by atoms with Crippen LogP contribution in [0, 0.1) is 5.92 Å². The van der Waals surface area contributed by atoms with Crippen LogP contribution in [0.1, 0.15) is 26.2 Å². The van der Waals surface area contributed by atoms with Gasteiger partial charge in [-0.2, -0.15) is 0 Å². The summed E-state index contributed by atoms with van der Waals surface area (Å²) in [4.78, 5) is 22.9. The molecule has 2 bridgehead atoms. The van der Waals surface area contributed by atoms with Crippen molar-refractivity contribution in [2.75, 3.05) is 47.4 Å². The Morgan fingerprint density at radius 3 is 2.10 bits per heavy atom. The monoisotopic (exact) mass is 300 g/mol. The van der Waals surface area contributed by atoms with Crippen molar-refractivity contribution in [2.24, 2.45) is 5.92 Å². The molecule has 3 rings (SSSR count). The normalized spacial score (nSPS) is 27.5. The van der Waals surface area contributed by atoms with E-state index in [0.29, 0.717) is 12.5 Å². The average Bonchev–Trinajstić information content (AvgIpc) is 2.38. The van der Waals surface area contributed by atoms with Crippen molar-refractivity contribution >= 4 is 11.9 Å². The van der Waals surface area contributed by atoms with Crippen molar-refractivity contribution < 1.29 is 23.9 Å². The van der Waals surface area contributed by atoms with Crippen molar-refractivity contribution in [1.29, 1.82) is 0 Å². The Hall–Kier alpha value is -1.14. The highest BCUT2D eigenvalue weighted by molar-refractivity contribution is 5.71. The van der Waals surface area contributed by atoms with E-state index in [-0.39, 0.29) is 12.0 Å². The first-order valence-corrected chi connectivity index (χ1v) is 7.58. The van der Waals surface area contributed by atoms with Crippen molar-refractivity contribution in [1.82, 2.24) is 4.90 Å². The molecule has 0 amide bonds. The summed E-state index contributed by atoms with van der Waals surface area (Å²) in [6, 6.07) is -0.275. The third-order valence-electron chi connectivity index (χ3n) is 3.99. The summed E-state index contributed by atoms with van der Waals surface area (Å²) in [6.45, 7) is 4.72. The molecule has 21 heavy (non-hydrogen) atoms. The highest BCUT2D eigenvalue weighted by Gasteiger charge is 2.33. The molecule has 3 heterocycles. The van der Waals surface area contributed by atoms with Crippen LogP contribution >= 0.6 is 0 Å². The maximum absolute atomic E-state index is 10.6. The van der Waals surface area contributed by atoms with Crippen LogP contribution in [-0.2, 0) is 14.3 Å². The molecule has 0 aromatic rings. The largest absolute Gasteiger partial charge is 0.548 e. The number of hydrogen-bond donors (Lipinski definition) is 0. The molecule has 3 aliphatic heterocycles. The van der Waals surface area contributed by atoms with Crippen LogP contribution in [0.15, 0.2) is 0 Å². The maximum Gasteiger partial charge on any atom is 0.302 e. The molecule has 0 aliphatic carbocycles. The Labute approximate surface area is 127 Å². The van der Waals surface area contributed by atoms with E-state index in [2.05, 4.69) is 21.1 Å². The molecule has 3 saturated heterocycles. The van der Waals surface area contributed by atoms with Gasteiger partial charge in [0.15, 0.2) is 0 Å². The lowest BCUT2D eigenvalue weighted by Gasteiger charge is -2.45. The Bertz CT molecular complexity index is 357. The second-order valence-electron chi connectivity index (χ2n) is 6.90. The third-order valence-corrected chi connectivity index (χ3v) is 3.99. The number of fused-ring (bicyclic) bond motifs is 3. The van der Waals surface area contributed by atoms with Crippen molar-refractivity contribution in [3.05, 3.63) is 0 Å². The van der Waals surface area contributed by atoms with Crippen LogP contribution in [0.2, 0.25) is 0 Å². The molecule has 0 saturated carbocycles. The Morgan fingerprint density at radius 2 is 1.81 bits per heavy atom. The molecule has 0 N–H and O–H groups in total. The number of piperidine rings is 3. The maximum atomic E-state index is 10.6. The molecule has 122 valence electrons. The smallest absolute Gasteiger partial charge is 0.302 e. The van der Waals surface area contributed by atoms with E-state index in [0.717, 1.165) is 30.5 Å². The first kappa shape index (κ1) is 17.9. The number of carbonyl (C=O) groups excluding carboxylic acids is 2. The van der Waals surface area contributed by atoms with Crippen molar-refractivity contribution in [3.63, 3.8) is 0 Å². The minimum Gasteiger partial charge on any atom is -0.548 e. The first-order valence-electron chi connectivity index (χ1n) is 7.58. The molecular formula is C15H28N2O4. The number of carboxylic acid groups (broad SMARTS) is 1. The van der Waals surface area contributed by atoms with Gasteiger partial charge in [0.2, 0.25) is 0 Å². The number of likely N-dealkylation sites (N-methyl/N-ethyl adjacent to an activating group) is 1. The molecular weight excluding hydrogens is 272 g/mol. The fourth-order valence-electron chi connectivity index (χ4n) is 2.67. The van der Waals surface area contributed by atoms with Crippen LogP contribution in [0.25, 0.3) is 0 Å². The van der Waals surface area contributed by atoms with Gasteiger partial charge in [-0.15, -0.1) is 0 Å². The standard InChI is InChI=1S/C8H13NO2.C7H16NO2/c10-8(11)7-5-6-1-3-9(7)4-2-6;1-7(9)10-6-5-8(2,3)4/h6-7H,1-5H2,(H,10,11);5-6H2,1-4H3/q;+1/p-1. The molecule has 1 unspecified atom stereocenters. The summed E-state index contributed by atoms with van der Waals surface area (Å²) in [5, 5.41) is 10.6. The number of nitrogens with zero attached hydrogens (tertiary/aromatic N) is 2. The van der Waals surface area contributed by atoms with Gasteiger partial charge in [0.05, 0.1) is 27.1 Å². The van der Waals surface area contributed by atoms with Crippen molar-refractivity contribution in [2.45, 2.75) is 32.2 Å². The number of quaternary nitrogens is 1. The third kappa shape index (κ3) is 6.91. The van der Waals surface area contributed by atoms with Gasteiger partial charge in [-0.3, -0.25) is 9.69 Å². The predicted molar refractivity (Wildman–Crippen MR) is 77.2 cm³/mol. The van der Waals surface area contributed by atoms with Gasteiger partial charge in [-0.1, -0.05) is 0 Å². The molecule has 6 heteroatoms. The molecule has 1 atom stereocenters. The SMILES string of the molecule is CC(=O)OCC[N+](C)(C)C.O=C([O-])C1CC2CCN1CC2. The summed E-state index contributed by atoms with van der Waals surface area (Å²) >= 11 is 0. The highest BCUT2D eigenvalue weighted by atomic mass is 16.5. The number of esters is 1. The van der Waals surface area contributed by atoms with E-state index in [1.54, 1.807) is 0 Å². The van der Waals surface area contributed by atoms with E-state index < -0.39 is 5.97 Å². The molecule has 0 radical (unpaired) electrons. The number of carbonyl (C=O) groups is 2. The van der Waals surface area contributed by atoms with Gasteiger partial charge < -0.3 is 19.1 Å². The van der Waals surface area contributed by atoms with Gasteiger partial charge in [-0.05, 0) is 38.3 Å². The average molecular weight is 300 g/mol. The molecule has 3 fully saturated rings. The van der Waals surface area contributed by atoms with E-state index in [4.69, 9.17) is 4.74 Å². The summed E-state index contributed by atoms with van der Waals surface area (Å²) in [5.74, 6) is -0.425. The Morgan fingerprint density at radius 1 is 1.24 bits per heavy atom. The zero-order chi connectivity index (χ0) is 16.0. The van der Waals surface area contributed by atoms with Crippen LogP contribution in [0.3, 0.4) is 0 Å². The minimum atomic E-state index is -0.880. The quantitative estimate of drug-likeness (QED) is 0.516. The van der Waals surface area contributed by atoms with Crippen LogP contribution in [-0.4, -0.2) is 74.7 Å². The topological polar surface area (TPSA) is 69.7 Å². The van der Waals surface area contributed by atoms with E-state index >= 15 is 0 Å². The molecule has 0 aromatic heterocycles. The summed E-state index contributed by atoms with van der Waals surface area (Å²) in [7, 11) is 6.18. The van der Waals surface area contributed by atoms with Crippen molar-refractivity contribution in [3.8, 4) is 0 Å². The number of ether oxygens (including phenoxy) is 1. The zero-order valence-electron chi connectivity index (χ0n) is 13.6. The molecule has 0 aromatic carbocycles. The summed E-state index contributed by atoms with van der Waals surface area (Å²) in [6.07, 6.45) is 3.19.